The molecule has 1 aliphatic rings. The van der Waals surface area contributed by atoms with Gasteiger partial charge < -0.3 is 9.64 Å². The van der Waals surface area contributed by atoms with Crippen molar-refractivity contribution in [2.75, 3.05) is 40.3 Å². The number of hydrogen-bond donors (Lipinski definition) is 0. The summed E-state index contributed by atoms with van der Waals surface area (Å²) in [5.41, 5.74) is 2.71. The van der Waals surface area contributed by atoms with E-state index in [4.69, 9.17) is 4.74 Å². The van der Waals surface area contributed by atoms with E-state index in [2.05, 4.69) is 33.9 Å². The Morgan fingerprint density at radius 3 is 2.50 bits per heavy atom. The van der Waals surface area contributed by atoms with E-state index >= 15 is 0 Å². The molecule has 0 unspecified atom stereocenters. The quantitative estimate of drug-likeness (QED) is 0.462. The molecule has 5 rings (SSSR count). The van der Waals surface area contributed by atoms with Gasteiger partial charge in [0.05, 0.1) is 19.0 Å². The first-order valence-electron chi connectivity index (χ1n) is 10.4. The molecule has 3 aromatic heterocycles. The van der Waals surface area contributed by atoms with Crippen molar-refractivity contribution in [1.82, 2.24) is 29.0 Å². The van der Waals surface area contributed by atoms with Crippen molar-refractivity contribution in [3.63, 3.8) is 0 Å². The number of ether oxygens (including phenoxy) is 1. The van der Waals surface area contributed by atoms with Crippen LogP contribution in [0.5, 0.6) is 5.75 Å². The summed E-state index contributed by atoms with van der Waals surface area (Å²) in [7, 11) is 3.82. The van der Waals surface area contributed by atoms with Crippen LogP contribution < -0.4 is 10.4 Å². The Hall–Kier alpha value is -2.75. The molecule has 0 N–H and O–H groups in total. The van der Waals surface area contributed by atoms with Crippen LogP contribution in [0.4, 0.5) is 0 Å². The van der Waals surface area contributed by atoms with Gasteiger partial charge in [-0.05, 0) is 37.2 Å². The summed E-state index contributed by atoms with van der Waals surface area (Å²) < 4.78 is 8.51. The molecule has 4 heterocycles. The second-order valence-corrected chi connectivity index (χ2v) is 9.21. The minimum absolute atomic E-state index is 0. The predicted molar refractivity (Wildman–Crippen MR) is 129 cm³/mol. The molecule has 0 atom stereocenters. The van der Waals surface area contributed by atoms with Crippen LogP contribution in [0.3, 0.4) is 0 Å². The van der Waals surface area contributed by atoms with Crippen LogP contribution >= 0.6 is 11.3 Å². The highest BCUT2D eigenvalue weighted by atomic mass is 32.1. The molecule has 9 heteroatoms. The lowest BCUT2D eigenvalue weighted by Gasteiger charge is -2.32. The SMILES string of the molecule is C.COc1ccc(Cn2c(=O)n3ncnc3c3c(C)c(CN4CCN(C)CC4)sc32)cc1. The van der Waals surface area contributed by atoms with Gasteiger partial charge in [-0.15, -0.1) is 11.3 Å². The molecular formula is C23H30N6O2S. The van der Waals surface area contributed by atoms with Crippen molar-refractivity contribution in [2.45, 2.75) is 27.4 Å². The van der Waals surface area contributed by atoms with Gasteiger partial charge in [-0.25, -0.2) is 9.78 Å². The first-order valence-corrected chi connectivity index (χ1v) is 11.2. The predicted octanol–water partition coefficient (Wildman–Crippen LogP) is 2.85. The van der Waals surface area contributed by atoms with Crippen LogP contribution in [-0.4, -0.2) is 69.3 Å². The summed E-state index contributed by atoms with van der Waals surface area (Å²) >= 11 is 1.71. The minimum Gasteiger partial charge on any atom is -0.497 e. The van der Waals surface area contributed by atoms with Crippen molar-refractivity contribution in [3.8, 4) is 5.75 Å². The molecule has 0 radical (unpaired) electrons. The van der Waals surface area contributed by atoms with E-state index in [1.165, 1.54) is 21.3 Å². The van der Waals surface area contributed by atoms with Gasteiger partial charge in [0.25, 0.3) is 0 Å². The first-order chi connectivity index (χ1) is 15.0. The van der Waals surface area contributed by atoms with Crippen molar-refractivity contribution in [1.29, 1.82) is 0 Å². The molecule has 0 amide bonds. The van der Waals surface area contributed by atoms with Gasteiger partial charge in [-0.2, -0.15) is 9.61 Å². The molecule has 4 aromatic rings. The van der Waals surface area contributed by atoms with Gasteiger partial charge in [0, 0.05) is 37.6 Å². The fourth-order valence-electron chi connectivity index (χ4n) is 4.16. The molecule has 0 aliphatic carbocycles. The normalized spacial score (nSPS) is 15.3. The number of rotatable bonds is 5. The van der Waals surface area contributed by atoms with Crippen molar-refractivity contribution >= 4 is 27.2 Å². The van der Waals surface area contributed by atoms with Crippen LogP contribution in [-0.2, 0) is 13.1 Å². The summed E-state index contributed by atoms with van der Waals surface area (Å²) in [6.07, 6.45) is 1.46. The summed E-state index contributed by atoms with van der Waals surface area (Å²) in [5.74, 6) is 0.800. The third-order valence-corrected chi connectivity index (χ3v) is 7.42. The number of fused-ring (bicyclic) bond motifs is 3. The fourth-order valence-corrected chi connectivity index (χ4v) is 5.50. The van der Waals surface area contributed by atoms with E-state index in [1.807, 2.05) is 28.8 Å². The van der Waals surface area contributed by atoms with Gasteiger partial charge >= 0.3 is 5.69 Å². The van der Waals surface area contributed by atoms with E-state index in [0.29, 0.717) is 12.2 Å². The number of thiophene rings is 1. The monoisotopic (exact) mass is 454 g/mol. The molecule has 0 spiro atoms. The van der Waals surface area contributed by atoms with E-state index in [1.54, 1.807) is 18.4 Å². The molecule has 1 aromatic carbocycles. The van der Waals surface area contributed by atoms with Crippen molar-refractivity contribution < 1.29 is 4.74 Å². The number of nitrogens with zero attached hydrogens (tertiary/aromatic N) is 6. The maximum Gasteiger partial charge on any atom is 0.352 e. The number of aryl methyl sites for hydroxylation is 1. The fraction of sp³-hybridized carbons (Fsp3) is 0.435. The zero-order chi connectivity index (χ0) is 21.5. The van der Waals surface area contributed by atoms with Gasteiger partial charge in [-0.3, -0.25) is 9.47 Å². The number of likely N-dealkylation sites (N-methyl/N-ethyl adjacent to an activating group) is 1. The molecule has 1 aliphatic heterocycles. The second kappa shape index (κ2) is 9.01. The highest BCUT2D eigenvalue weighted by molar-refractivity contribution is 7.19. The van der Waals surface area contributed by atoms with Crippen molar-refractivity contribution in [2.24, 2.45) is 0 Å². The molecule has 8 nitrogen and oxygen atoms in total. The van der Waals surface area contributed by atoms with Crippen LogP contribution in [0, 0.1) is 6.92 Å². The zero-order valence-corrected chi connectivity index (χ0v) is 18.9. The third kappa shape index (κ3) is 3.92. The summed E-state index contributed by atoms with van der Waals surface area (Å²) in [6, 6.07) is 7.83. The smallest absolute Gasteiger partial charge is 0.352 e. The second-order valence-electron chi connectivity index (χ2n) is 8.12. The molecule has 0 saturated carbocycles. The molecule has 170 valence electrons. The van der Waals surface area contributed by atoms with Gasteiger partial charge in [0.2, 0.25) is 0 Å². The Kier molecular flexibility index (Phi) is 6.32. The van der Waals surface area contributed by atoms with Gasteiger partial charge in [0.1, 0.15) is 16.9 Å². The average Bonchev–Trinajstić information content (AvgIpc) is 3.38. The Labute approximate surface area is 191 Å². The largest absolute Gasteiger partial charge is 0.497 e. The number of piperazine rings is 1. The average molecular weight is 455 g/mol. The summed E-state index contributed by atoms with van der Waals surface area (Å²) in [6.45, 7) is 7.80. The lowest BCUT2D eigenvalue weighted by molar-refractivity contribution is 0.149. The highest BCUT2D eigenvalue weighted by Gasteiger charge is 2.22. The summed E-state index contributed by atoms with van der Waals surface area (Å²) in [5, 5.41) is 5.24. The molecular weight excluding hydrogens is 424 g/mol. The van der Waals surface area contributed by atoms with E-state index in [0.717, 1.165) is 54.3 Å². The topological polar surface area (TPSA) is 67.9 Å². The lowest BCUT2D eigenvalue weighted by atomic mass is 10.2. The minimum atomic E-state index is -0.164. The maximum absolute atomic E-state index is 13.3. The number of methoxy groups -OCH3 is 1. The van der Waals surface area contributed by atoms with Crippen LogP contribution in [0.2, 0.25) is 0 Å². The van der Waals surface area contributed by atoms with Gasteiger partial charge in [-0.1, -0.05) is 19.6 Å². The Balaban J connectivity index is 0.00000245. The zero-order valence-electron chi connectivity index (χ0n) is 18.0. The molecule has 32 heavy (non-hydrogen) atoms. The van der Waals surface area contributed by atoms with Crippen LogP contribution in [0.25, 0.3) is 15.9 Å². The van der Waals surface area contributed by atoms with Crippen LogP contribution in [0.15, 0.2) is 35.4 Å². The lowest BCUT2D eigenvalue weighted by Crippen LogP contribution is -2.43. The Morgan fingerprint density at radius 2 is 1.81 bits per heavy atom. The van der Waals surface area contributed by atoms with Gasteiger partial charge in [0.15, 0.2) is 5.65 Å². The first kappa shape index (κ1) is 22.4. The Morgan fingerprint density at radius 1 is 1.09 bits per heavy atom. The van der Waals surface area contributed by atoms with Crippen molar-refractivity contribution in [3.05, 3.63) is 57.1 Å². The number of aromatic nitrogens is 4. The van der Waals surface area contributed by atoms with E-state index in [-0.39, 0.29) is 13.1 Å². The molecule has 1 saturated heterocycles. The van der Waals surface area contributed by atoms with E-state index in [9.17, 15) is 4.79 Å². The number of hydrogen-bond acceptors (Lipinski definition) is 7. The summed E-state index contributed by atoms with van der Waals surface area (Å²) in [4.78, 5) is 24.8. The number of benzene rings is 1. The molecule has 1 fully saturated rings. The van der Waals surface area contributed by atoms with E-state index < -0.39 is 0 Å². The Bertz CT molecular complexity index is 1280. The maximum atomic E-state index is 13.3. The highest BCUT2D eigenvalue weighted by Crippen LogP contribution is 2.33. The third-order valence-electron chi connectivity index (χ3n) is 6.12. The standard InChI is InChI=1S/C22H26N6O2S.CH4/c1-15-18(13-26-10-8-25(2)9-11-26)31-21-19(15)20-23-14-24-28(20)22(29)27(21)12-16-4-6-17(30-3)7-5-16;/h4-7,14H,8-13H2,1-3H3;1H4. The molecule has 0 bridgehead atoms. The van der Waals surface area contributed by atoms with Crippen LogP contribution in [0.1, 0.15) is 23.4 Å².